The van der Waals surface area contributed by atoms with E-state index in [-0.39, 0.29) is 12.1 Å². The van der Waals surface area contributed by atoms with Crippen molar-refractivity contribution in [2.24, 2.45) is 0 Å². The van der Waals surface area contributed by atoms with E-state index < -0.39 is 0 Å². The van der Waals surface area contributed by atoms with Crippen molar-refractivity contribution in [3.63, 3.8) is 0 Å². The number of nitrogens with zero attached hydrogens (tertiary/aromatic N) is 3. The van der Waals surface area contributed by atoms with Crippen LogP contribution in [-0.2, 0) is 13.0 Å². The number of hydrogen-bond donors (Lipinski definition) is 1. The lowest BCUT2D eigenvalue weighted by Crippen LogP contribution is -2.42. The molecule has 0 aliphatic rings. The highest BCUT2D eigenvalue weighted by molar-refractivity contribution is 5.74. The molecule has 21 heavy (non-hydrogen) atoms. The van der Waals surface area contributed by atoms with E-state index in [0.717, 1.165) is 17.1 Å². The molecule has 1 N–H and O–H groups in total. The number of aromatic nitrogens is 2. The van der Waals surface area contributed by atoms with Gasteiger partial charge in [-0.1, -0.05) is 11.2 Å². The molecule has 112 valence electrons. The molecule has 2 rings (SSSR count). The van der Waals surface area contributed by atoms with Gasteiger partial charge in [0.15, 0.2) is 0 Å². The van der Waals surface area contributed by atoms with Crippen molar-refractivity contribution in [1.82, 2.24) is 20.4 Å². The molecule has 2 aromatic heterocycles. The highest BCUT2D eigenvalue weighted by atomic mass is 16.5. The van der Waals surface area contributed by atoms with Gasteiger partial charge in [0.2, 0.25) is 0 Å². The molecule has 2 aromatic rings. The molecular weight excluding hydrogens is 268 g/mol. The molecule has 0 fully saturated rings. The zero-order valence-corrected chi connectivity index (χ0v) is 12.5. The third-order valence-corrected chi connectivity index (χ3v) is 3.07. The zero-order valence-electron chi connectivity index (χ0n) is 12.5. The van der Waals surface area contributed by atoms with Crippen LogP contribution in [0.4, 0.5) is 4.79 Å². The van der Waals surface area contributed by atoms with E-state index in [1.165, 1.54) is 6.26 Å². The smallest absolute Gasteiger partial charge is 0.317 e. The number of carbonyl (C=O) groups excluding carboxylic acids is 1. The second-order valence-corrected chi connectivity index (χ2v) is 5.17. The lowest BCUT2D eigenvalue weighted by Gasteiger charge is -2.20. The maximum atomic E-state index is 12.1. The quantitative estimate of drug-likeness (QED) is 0.915. The van der Waals surface area contributed by atoms with Crippen LogP contribution in [0.3, 0.4) is 0 Å². The zero-order chi connectivity index (χ0) is 15.2. The number of amides is 2. The summed E-state index contributed by atoms with van der Waals surface area (Å²) in [5.74, 6) is 0. The van der Waals surface area contributed by atoms with Crippen molar-refractivity contribution < 1.29 is 9.32 Å². The summed E-state index contributed by atoms with van der Waals surface area (Å²) in [6.45, 7) is 4.34. The maximum absolute atomic E-state index is 12.1. The standard InChI is InChI=1S/C15H20N4O2/c1-11-5-4-6-13(16-11)9-12(2)17-15(20)19(3)10-14-7-8-21-18-14/h4-8,12H,9-10H2,1-3H3,(H,17,20)/t12-/m1/s1. The summed E-state index contributed by atoms with van der Waals surface area (Å²) in [5.41, 5.74) is 2.68. The molecule has 1 atom stereocenters. The molecule has 0 unspecified atom stereocenters. The van der Waals surface area contributed by atoms with E-state index in [4.69, 9.17) is 4.52 Å². The van der Waals surface area contributed by atoms with Crippen LogP contribution in [0.25, 0.3) is 0 Å². The largest absolute Gasteiger partial charge is 0.364 e. The minimum Gasteiger partial charge on any atom is -0.364 e. The van der Waals surface area contributed by atoms with Crippen LogP contribution >= 0.6 is 0 Å². The van der Waals surface area contributed by atoms with Crippen molar-refractivity contribution in [1.29, 1.82) is 0 Å². The third kappa shape index (κ3) is 4.59. The average Bonchev–Trinajstić information content (AvgIpc) is 2.91. The predicted molar refractivity (Wildman–Crippen MR) is 78.6 cm³/mol. The van der Waals surface area contributed by atoms with Crippen LogP contribution in [0.1, 0.15) is 24.0 Å². The molecule has 0 bridgehead atoms. The number of nitrogens with one attached hydrogen (secondary N) is 1. The van der Waals surface area contributed by atoms with Crippen LogP contribution in [0.5, 0.6) is 0 Å². The number of urea groups is 1. The van der Waals surface area contributed by atoms with Crippen LogP contribution in [0.2, 0.25) is 0 Å². The molecule has 0 saturated heterocycles. The fraction of sp³-hybridized carbons (Fsp3) is 0.400. The summed E-state index contributed by atoms with van der Waals surface area (Å²) in [4.78, 5) is 18.1. The molecule has 0 radical (unpaired) electrons. The van der Waals surface area contributed by atoms with E-state index >= 15 is 0 Å². The van der Waals surface area contributed by atoms with Crippen molar-refractivity contribution >= 4 is 6.03 Å². The van der Waals surface area contributed by atoms with Gasteiger partial charge in [0.05, 0.1) is 6.54 Å². The van der Waals surface area contributed by atoms with Crippen molar-refractivity contribution in [2.45, 2.75) is 32.9 Å². The summed E-state index contributed by atoms with van der Waals surface area (Å²) < 4.78 is 4.75. The third-order valence-electron chi connectivity index (χ3n) is 3.07. The Labute approximate surface area is 124 Å². The molecule has 0 aliphatic heterocycles. The van der Waals surface area contributed by atoms with Crippen molar-refractivity contribution in [3.05, 3.63) is 47.6 Å². The monoisotopic (exact) mass is 288 g/mol. The summed E-state index contributed by atoms with van der Waals surface area (Å²) in [7, 11) is 1.72. The summed E-state index contributed by atoms with van der Waals surface area (Å²) in [5, 5.41) is 6.74. The Balaban J connectivity index is 1.84. The minimum atomic E-state index is -0.141. The van der Waals surface area contributed by atoms with Gasteiger partial charge in [-0.15, -0.1) is 0 Å². The van der Waals surface area contributed by atoms with Crippen LogP contribution in [-0.4, -0.2) is 34.2 Å². The SMILES string of the molecule is Cc1cccc(C[C@@H](C)NC(=O)N(C)Cc2ccon2)n1. The van der Waals surface area contributed by atoms with E-state index in [1.807, 2.05) is 32.0 Å². The van der Waals surface area contributed by atoms with E-state index in [0.29, 0.717) is 13.0 Å². The highest BCUT2D eigenvalue weighted by Crippen LogP contribution is 2.04. The Hall–Kier alpha value is -2.37. The Kier molecular flexibility index (Phi) is 4.92. The molecule has 2 heterocycles. The number of rotatable bonds is 5. The highest BCUT2D eigenvalue weighted by Gasteiger charge is 2.14. The van der Waals surface area contributed by atoms with Gasteiger partial charge >= 0.3 is 6.03 Å². The lowest BCUT2D eigenvalue weighted by atomic mass is 10.1. The molecule has 0 spiro atoms. The number of carbonyl (C=O) groups is 1. The molecule has 0 aromatic carbocycles. The van der Waals surface area contributed by atoms with Gasteiger partial charge in [-0.3, -0.25) is 4.98 Å². The topological polar surface area (TPSA) is 71.3 Å². The first-order chi connectivity index (χ1) is 10.0. The van der Waals surface area contributed by atoms with E-state index in [2.05, 4.69) is 15.5 Å². The van der Waals surface area contributed by atoms with Gasteiger partial charge in [0, 0.05) is 37.0 Å². The molecule has 0 saturated carbocycles. The van der Waals surface area contributed by atoms with Gasteiger partial charge in [-0.25, -0.2) is 4.79 Å². The fourth-order valence-electron chi connectivity index (χ4n) is 2.03. The summed E-state index contributed by atoms with van der Waals surface area (Å²) in [6.07, 6.45) is 2.19. The van der Waals surface area contributed by atoms with Gasteiger partial charge in [-0.05, 0) is 26.0 Å². The van der Waals surface area contributed by atoms with Gasteiger partial charge < -0.3 is 14.7 Å². The number of pyridine rings is 1. The second kappa shape index (κ2) is 6.88. The van der Waals surface area contributed by atoms with Crippen LogP contribution < -0.4 is 5.32 Å². The fourth-order valence-corrected chi connectivity index (χ4v) is 2.03. The first-order valence-corrected chi connectivity index (χ1v) is 6.88. The first kappa shape index (κ1) is 15.0. The molecule has 6 heteroatoms. The van der Waals surface area contributed by atoms with Crippen LogP contribution in [0, 0.1) is 6.92 Å². The first-order valence-electron chi connectivity index (χ1n) is 6.88. The van der Waals surface area contributed by atoms with Crippen molar-refractivity contribution in [3.8, 4) is 0 Å². The number of aryl methyl sites for hydroxylation is 1. The van der Waals surface area contributed by atoms with Crippen LogP contribution in [0.15, 0.2) is 35.1 Å². The Morgan fingerprint density at radius 3 is 2.86 bits per heavy atom. The molecule has 2 amide bonds. The summed E-state index contributed by atoms with van der Waals surface area (Å²) in [6, 6.07) is 7.50. The van der Waals surface area contributed by atoms with Gasteiger partial charge in [0.25, 0.3) is 0 Å². The van der Waals surface area contributed by atoms with E-state index in [9.17, 15) is 4.79 Å². The predicted octanol–water partition coefficient (Wildman–Crippen LogP) is 2.15. The normalized spacial score (nSPS) is 12.0. The minimum absolute atomic E-state index is 0.00607. The average molecular weight is 288 g/mol. The summed E-state index contributed by atoms with van der Waals surface area (Å²) >= 11 is 0. The number of hydrogen-bond acceptors (Lipinski definition) is 4. The maximum Gasteiger partial charge on any atom is 0.317 e. The van der Waals surface area contributed by atoms with Gasteiger partial charge in [-0.2, -0.15) is 0 Å². The van der Waals surface area contributed by atoms with E-state index in [1.54, 1.807) is 18.0 Å². The molecule has 6 nitrogen and oxygen atoms in total. The van der Waals surface area contributed by atoms with Crippen molar-refractivity contribution in [2.75, 3.05) is 7.05 Å². The Bertz CT molecular complexity index is 583. The molecular formula is C15H20N4O2. The van der Waals surface area contributed by atoms with Gasteiger partial charge in [0.1, 0.15) is 12.0 Å². The molecule has 0 aliphatic carbocycles. The lowest BCUT2D eigenvalue weighted by molar-refractivity contribution is 0.202. The Morgan fingerprint density at radius 1 is 1.38 bits per heavy atom. The Morgan fingerprint density at radius 2 is 2.19 bits per heavy atom. The second-order valence-electron chi connectivity index (χ2n) is 5.17.